The van der Waals surface area contributed by atoms with Gasteiger partial charge in [0.15, 0.2) is 6.61 Å². The number of ether oxygens (including phenoxy) is 1. The average molecular weight is 426 g/mol. The van der Waals surface area contributed by atoms with Crippen LogP contribution in [0.4, 0.5) is 5.69 Å². The van der Waals surface area contributed by atoms with Crippen LogP contribution in [0.25, 0.3) is 0 Å². The van der Waals surface area contributed by atoms with Gasteiger partial charge in [-0.3, -0.25) is 14.4 Å². The summed E-state index contributed by atoms with van der Waals surface area (Å²) in [6.45, 7) is 4.44. The number of anilines is 1. The molecule has 0 saturated carbocycles. The molecule has 0 saturated heterocycles. The van der Waals surface area contributed by atoms with E-state index in [0.717, 1.165) is 0 Å². The smallest absolute Gasteiger partial charge is 0.274 e. The molecule has 0 spiro atoms. The summed E-state index contributed by atoms with van der Waals surface area (Å²) in [6, 6.07) is 5.99. The SMILES string of the molecule is CCN(CC)C(=O)c1cc(NC(=O)COc2ccc(Cl)cc2Cl)c(=O)n(C)c1. The van der Waals surface area contributed by atoms with Crippen LogP contribution in [0.3, 0.4) is 0 Å². The van der Waals surface area contributed by atoms with Gasteiger partial charge in [0.05, 0.1) is 10.6 Å². The van der Waals surface area contributed by atoms with E-state index >= 15 is 0 Å². The summed E-state index contributed by atoms with van der Waals surface area (Å²) >= 11 is 11.8. The van der Waals surface area contributed by atoms with Crippen molar-refractivity contribution in [3.8, 4) is 5.75 Å². The van der Waals surface area contributed by atoms with Crippen LogP contribution in [0.2, 0.25) is 10.0 Å². The summed E-state index contributed by atoms with van der Waals surface area (Å²) < 4.78 is 6.61. The number of nitrogens with one attached hydrogen (secondary N) is 1. The number of aryl methyl sites for hydroxylation is 1. The minimum atomic E-state index is -0.560. The van der Waals surface area contributed by atoms with Crippen molar-refractivity contribution in [1.29, 1.82) is 0 Å². The Morgan fingerprint density at radius 1 is 1.18 bits per heavy atom. The Balaban J connectivity index is 2.15. The van der Waals surface area contributed by atoms with Crippen molar-refractivity contribution >= 4 is 40.7 Å². The number of carbonyl (C=O) groups is 2. The molecule has 0 aliphatic carbocycles. The van der Waals surface area contributed by atoms with Gasteiger partial charge in [-0.05, 0) is 38.1 Å². The van der Waals surface area contributed by atoms with Crippen molar-refractivity contribution in [2.24, 2.45) is 7.05 Å². The predicted molar refractivity (Wildman–Crippen MR) is 110 cm³/mol. The lowest BCUT2D eigenvalue weighted by atomic mass is 10.2. The fourth-order valence-corrected chi connectivity index (χ4v) is 3.00. The molecule has 28 heavy (non-hydrogen) atoms. The zero-order valence-corrected chi connectivity index (χ0v) is 17.3. The van der Waals surface area contributed by atoms with Crippen LogP contribution >= 0.6 is 23.2 Å². The van der Waals surface area contributed by atoms with Crippen LogP contribution in [0.1, 0.15) is 24.2 Å². The molecule has 1 N–H and O–H groups in total. The molecule has 150 valence electrons. The minimum Gasteiger partial charge on any atom is -0.482 e. The lowest BCUT2D eigenvalue weighted by Crippen LogP contribution is -2.33. The Morgan fingerprint density at radius 3 is 2.46 bits per heavy atom. The standard InChI is InChI=1S/C19H21Cl2N3O4/c1-4-24(5-2)18(26)12-8-15(19(27)23(3)10-12)22-17(25)11-28-16-7-6-13(20)9-14(16)21/h6-10H,4-5,11H2,1-3H3,(H,22,25). The first-order valence-electron chi connectivity index (χ1n) is 8.64. The highest BCUT2D eigenvalue weighted by Gasteiger charge is 2.17. The maximum Gasteiger partial charge on any atom is 0.274 e. The lowest BCUT2D eigenvalue weighted by molar-refractivity contribution is -0.118. The van der Waals surface area contributed by atoms with E-state index < -0.39 is 11.5 Å². The molecular weight excluding hydrogens is 405 g/mol. The highest BCUT2D eigenvalue weighted by Crippen LogP contribution is 2.27. The Morgan fingerprint density at radius 2 is 1.86 bits per heavy atom. The molecular formula is C19H21Cl2N3O4. The summed E-state index contributed by atoms with van der Waals surface area (Å²) in [7, 11) is 1.51. The number of aromatic nitrogens is 1. The van der Waals surface area contributed by atoms with E-state index in [-0.39, 0.29) is 23.2 Å². The number of carbonyl (C=O) groups excluding carboxylic acids is 2. The van der Waals surface area contributed by atoms with E-state index in [0.29, 0.717) is 29.4 Å². The van der Waals surface area contributed by atoms with Crippen molar-refractivity contribution in [2.75, 3.05) is 25.0 Å². The summed E-state index contributed by atoms with van der Waals surface area (Å²) in [4.78, 5) is 38.7. The third-order valence-corrected chi connectivity index (χ3v) is 4.54. The van der Waals surface area contributed by atoms with Crippen LogP contribution in [0.15, 0.2) is 35.3 Å². The van der Waals surface area contributed by atoms with Gasteiger partial charge < -0.3 is 19.5 Å². The molecule has 0 bridgehead atoms. The number of hydrogen-bond acceptors (Lipinski definition) is 4. The summed E-state index contributed by atoms with van der Waals surface area (Å²) in [5.74, 6) is -0.490. The fourth-order valence-electron chi connectivity index (χ4n) is 2.53. The van der Waals surface area contributed by atoms with Gasteiger partial charge in [0.1, 0.15) is 11.4 Å². The Kier molecular flexibility index (Phi) is 7.48. The number of pyridine rings is 1. The number of halogens is 2. The molecule has 1 aromatic heterocycles. The second-order valence-electron chi connectivity index (χ2n) is 5.95. The molecule has 1 heterocycles. The second-order valence-corrected chi connectivity index (χ2v) is 6.79. The normalized spacial score (nSPS) is 10.5. The molecule has 0 fully saturated rings. The molecule has 2 rings (SSSR count). The number of amides is 2. The number of hydrogen-bond donors (Lipinski definition) is 1. The Labute approximate surface area is 172 Å². The van der Waals surface area contributed by atoms with E-state index in [2.05, 4.69) is 5.32 Å². The second kappa shape index (κ2) is 9.61. The third-order valence-electron chi connectivity index (χ3n) is 4.01. The van der Waals surface area contributed by atoms with Gasteiger partial charge in [-0.1, -0.05) is 23.2 Å². The van der Waals surface area contributed by atoms with E-state index in [9.17, 15) is 14.4 Å². The lowest BCUT2D eigenvalue weighted by Gasteiger charge is -2.19. The highest BCUT2D eigenvalue weighted by molar-refractivity contribution is 6.35. The quantitative estimate of drug-likeness (QED) is 0.738. The van der Waals surface area contributed by atoms with Crippen LogP contribution in [0.5, 0.6) is 5.75 Å². The van der Waals surface area contributed by atoms with Crippen LogP contribution in [0, 0.1) is 0 Å². The van der Waals surface area contributed by atoms with E-state index in [4.69, 9.17) is 27.9 Å². The van der Waals surface area contributed by atoms with Gasteiger partial charge in [-0.25, -0.2) is 0 Å². The highest BCUT2D eigenvalue weighted by atomic mass is 35.5. The van der Waals surface area contributed by atoms with E-state index in [1.165, 1.54) is 29.9 Å². The Bertz CT molecular complexity index is 939. The predicted octanol–water partition coefficient (Wildman–Crippen LogP) is 3.19. The molecule has 0 atom stereocenters. The summed E-state index contributed by atoms with van der Waals surface area (Å²) in [5.41, 5.74) is -0.131. The van der Waals surface area contributed by atoms with Crippen molar-refractivity contribution in [3.63, 3.8) is 0 Å². The first-order chi connectivity index (χ1) is 13.3. The molecule has 2 aromatic rings. The fraction of sp³-hybridized carbons (Fsp3) is 0.316. The number of nitrogens with zero attached hydrogens (tertiary/aromatic N) is 2. The van der Waals surface area contributed by atoms with Crippen LogP contribution < -0.4 is 15.6 Å². The molecule has 0 aliphatic heterocycles. The molecule has 0 unspecified atom stereocenters. The van der Waals surface area contributed by atoms with Crippen molar-refractivity contribution in [2.45, 2.75) is 13.8 Å². The zero-order valence-electron chi connectivity index (χ0n) is 15.8. The Hall–Kier alpha value is -2.51. The van der Waals surface area contributed by atoms with E-state index in [1.54, 1.807) is 17.0 Å². The number of rotatable bonds is 7. The van der Waals surface area contributed by atoms with Crippen molar-refractivity contribution in [3.05, 3.63) is 56.4 Å². The van der Waals surface area contributed by atoms with Gasteiger partial charge in [0, 0.05) is 31.4 Å². The van der Waals surface area contributed by atoms with Crippen molar-refractivity contribution < 1.29 is 14.3 Å². The topological polar surface area (TPSA) is 80.6 Å². The molecule has 2 amide bonds. The minimum absolute atomic E-state index is 0.00342. The molecule has 1 aromatic carbocycles. The monoisotopic (exact) mass is 425 g/mol. The molecule has 0 radical (unpaired) electrons. The molecule has 7 nitrogen and oxygen atoms in total. The summed E-state index contributed by atoms with van der Waals surface area (Å²) in [6.07, 6.45) is 1.45. The van der Waals surface area contributed by atoms with Crippen LogP contribution in [-0.2, 0) is 11.8 Å². The van der Waals surface area contributed by atoms with Gasteiger partial charge in [-0.15, -0.1) is 0 Å². The molecule has 0 aliphatic rings. The third kappa shape index (κ3) is 5.27. The van der Waals surface area contributed by atoms with E-state index in [1.807, 2.05) is 13.8 Å². The maximum absolute atomic E-state index is 12.5. The van der Waals surface area contributed by atoms with Crippen LogP contribution in [-0.4, -0.2) is 41.0 Å². The van der Waals surface area contributed by atoms with Crippen molar-refractivity contribution in [1.82, 2.24) is 9.47 Å². The average Bonchev–Trinajstić information content (AvgIpc) is 2.65. The largest absolute Gasteiger partial charge is 0.482 e. The maximum atomic E-state index is 12.5. The first-order valence-corrected chi connectivity index (χ1v) is 9.40. The van der Waals surface area contributed by atoms with Gasteiger partial charge in [0.25, 0.3) is 17.4 Å². The summed E-state index contributed by atoms with van der Waals surface area (Å²) in [5, 5.41) is 3.20. The number of benzene rings is 1. The first kappa shape index (κ1) is 21.8. The molecule has 9 heteroatoms. The zero-order chi connectivity index (χ0) is 20.8. The van der Waals surface area contributed by atoms with Gasteiger partial charge in [0.2, 0.25) is 0 Å². The van der Waals surface area contributed by atoms with Gasteiger partial charge in [-0.2, -0.15) is 0 Å². The van der Waals surface area contributed by atoms with Gasteiger partial charge >= 0.3 is 0 Å².